The van der Waals surface area contributed by atoms with Crippen molar-refractivity contribution in [2.24, 2.45) is 0 Å². The molecule has 3 aromatic carbocycles. The minimum Gasteiger partial charge on any atom is -0.457 e. The number of anilines is 2. The predicted octanol–water partition coefficient (Wildman–Crippen LogP) is 5.41. The zero-order chi connectivity index (χ0) is 21.3. The molecule has 0 fully saturated rings. The first-order valence-electron chi connectivity index (χ1n) is 9.57. The third-order valence-electron chi connectivity index (χ3n) is 4.16. The van der Waals surface area contributed by atoms with Crippen LogP contribution in [0.2, 0.25) is 0 Å². The van der Waals surface area contributed by atoms with Crippen molar-refractivity contribution in [2.45, 2.75) is 13.8 Å². The molecule has 0 atom stereocenters. The molecule has 0 radical (unpaired) electrons. The molecule has 2 amide bonds. The van der Waals surface area contributed by atoms with Crippen molar-refractivity contribution >= 4 is 35.0 Å². The number of aryl methyl sites for hydroxylation is 2. The Morgan fingerprint density at radius 2 is 1.30 bits per heavy atom. The summed E-state index contributed by atoms with van der Waals surface area (Å²) in [5.41, 5.74) is 3.69. The van der Waals surface area contributed by atoms with Gasteiger partial charge in [-0.3, -0.25) is 9.59 Å². The first-order chi connectivity index (χ1) is 14.5. The summed E-state index contributed by atoms with van der Waals surface area (Å²) in [6, 6.07) is 22.6. The van der Waals surface area contributed by atoms with E-state index in [2.05, 4.69) is 10.6 Å². The molecule has 0 saturated carbocycles. The van der Waals surface area contributed by atoms with Crippen molar-refractivity contribution in [2.75, 3.05) is 22.1 Å². The first-order valence-corrected chi connectivity index (χ1v) is 10.7. The summed E-state index contributed by atoms with van der Waals surface area (Å²) in [5.74, 6) is 1.58. The molecule has 0 aromatic heterocycles. The van der Waals surface area contributed by atoms with Crippen LogP contribution in [0.15, 0.2) is 72.8 Å². The number of benzene rings is 3. The molecular weight excluding hydrogens is 396 g/mol. The van der Waals surface area contributed by atoms with Gasteiger partial charge < -0.3 is 15.4 Å². The summed E-state index contributed by atoms with van der Waals surface area (Å²) in [4.78, 5) is 24.1. The lowest BCUT2D eigenvalue weighted by molar-refractivity contribution is -0.114. The van der Waals surface area contributed by atoms with Gasteiger partial charge in [-0.1, -0.05) is 29.8 Å². The van der Waals surface area contributed by atoms with Gasteiger partial charge in [0.1, 0.15) is 11.5 Å². The highest BCUT2D eigenvalue weighted by Crippen LogP contribution is 2.23. The molecule has 30 heavy (non-hydrogen) atoms. The van der Waals surface area contributed by atoms with Gasteiger partial charge in [-0.15, -0.1) is 11.8 Å². The van der Waals surface area contributed by atoms with E-state index in [4.69, 9.17) is 4.74 Å². The third-order valence-corrected chi connectivity index (χ3v) is 5.10. The monoisotopic (exact) mass is 420 g/mol. The van der Waals surface area contributed by atoms with Crippen LogP contribution in [0.25, 0.3) is 0 Å². The second-order valence-electron chi connectivity index (χ2n) is 6.90. The van der Waals surface area contributed by atoms with Gasteiger partial charge in [0.25, 0.3) is 0 Å². The first kappa shape index (κ1) is 21.5. The average molecular weight is 421 g/mol. The van der Waals surface area contributed by atoms with Crippen LogP contribution in [0.4, 0.5) is 11.4 Å². The molecule has 3 aromatic rings. The standard InChI is InChI=1S/C24H24N2O3S/c1-17-6-10-21(11-7-17)29-22-12-8-19(9-13-22)25-23(27)15-30-16-24(28)26-20-5-3-4-18(2)14-20/h3-14H,15-16H2,1-2H3,(H,25,27)(H,26,28). The maximum absolute atomic E-state index is 12.1. The van der Waals surface area contributed by atoms with Crippen LogP contribution in [0.5, 0.6) is 11.5 Å². The molecule has 3 rings (SSSR count). The molecule has 0 unspecified atom stereocenters. The number of carbonyl (C=O) groups is 2. The average Bonchev–Trinajstić information content (AvgIpc) is 2.71. The van der Waals surface area contributed by atoms with Crippen LogP contribution in [0.1, 0.15) is 11.1 Å². The van der Waals surface area contributed by atoms with Crippen molar-refractivity contribution < 1.29 is 14.3 Å². The Labute approximate surface area is 180 Å². The number of hydrogen-bond donors (Lipinski definition) is 2. The summed E-state index contributed by atoms with van der Waals surface area (Å²) < 4.78 is 5.78. The maximum Gasteiger partial charge on any atom is 0.234 e. The highest BCUT2D eigenvalue weighted by atomic mass is 32.2. The predicted molar refractivity (Wildman–Crippen MR) is 123 cm³/mol. The smallest absolute Gasteiger partial charge is 0.234 e. The fraction of sp³-hybridized carbons (Fsp3) is 0.167. The Balaban J connectivity index is 1.40. The van der Waals surface area contributed by atoms with Gasteiger partial charge in [0, 0.05) is 11.4 Å². The second kappa shape index (κ2) is 10.5. The molecule has 154 valence electrons. The van der Waals surface area contributed by atoms with Crippen LogP contribution in [0.3, 0.4) is 0 Å². The second-order valence-corrected chi connectivity index (χ2v) is 7.88. The lowest BCUT2D eigenvalue weighted by Crippen LogP contribution is -2.18. The summed E-state index contributed by atoms with van der Waals surface area (Å²) in [5, 5.41) is 5.65. The molecule has 0 heterocycles. The summed E-state index contributed by atoms with van der Waals surface area (Å²) >= 11 is 1.27. The van der Waals surface area contributed by atoms with Crippen molar-refractivity contribution in [1.82, 2.24) is 0 Å². The molecule has 0 spiro atoms. The number of hydrogen-bond acceptors (Lipinski definition) is 4. The zero-order valence-electron chi connectivity index (χ0n) is 17.0. The quantitative estimate of drug-likeness (QED) is 0.512. The number of amides is 2. The third kappa shape index (κ3) is 6.97. The van der Waals surface area contributed by atoms with E-state index in [1.807, 2.05) is 62.4 Å². The maximum atomic E-state index is 12.1. The van der Waals surface area contributed by atoms with Crippen molar-refractivity contribution in [1.29, 1.82) is 0 Å². The van der Waals surface area contributed by atoms with E-state index in [0.717, 1.165) is 17.0 Å². The van der Waals surface area contributed by atoms with E-state index >= 15 is 0 Å². The fourth-order valence-electron chi connectivity index (χ4n) is 2.70. The largest absolute Gasteiger partial charge is 0.457 e. The minimum absolute atomic E-state index is 0.129. The van der Waals surface area contributed by atoms with Gasteiger partial charge >= 0.3 is 0 Å². The van der Waals surface area contributed by atoms with Gasteiger partial charge in [0.15, 0.2) is 0 Å². The highest BCUT2D eigenvalue weighted by molar-refractivity contribution is 8.00. The number of ether oxygens (including phenoxy) is 1. The molecule has 0 saturated heterocycles. The lowest BCUT2D eigenvalue weighted by Gasteiger charge is -2.09. The SMILES string of the molecule is Cc1ccc(Oc2ccc(NC(=O)CSCC(=O)Nc3cccc(C)c3)cc2)cc1. The number of thioether (sulfide) groups is 1. The molecule has 0 aliphatic heterocycles. The Kier molecular flexibility index (Phi) is 7.51. The van der Waals surface area contributed by atoms with E-state index in [-0.39, 0.29) is 23.3 Å². The van der Waals surface area contributed by atoms with Crippen LogP contribution in [-0.2, 0) is 9.59 Å². The molecule has 0 aliphatic carbocycles. The van der Waals surface area contributed by atoms with Gasteiger partial charge in [-0.05, 0) is 67.9 Å². The molecule has 5 nitrogen and oxygen atoms in total. The van der Waals surface area contributed by atoms with E-state index in [0.29, 0.717) is 11.4 Å². The van der Waals surface area contributed by atoms with Gasteiger partial charge in [0.2, 0.25) is 11.8 Å². The van der Waals surface area contributed by atoms with Gasteiger partial charge in [-0.25, -0.2) is 0 Å². The summed E-state index contributed by atoms with van der Waals surface area (Å²) in [7, 11) is 0. The zero-order valence-corrected chi connectivity index (χ0v) is 17.8. The Bertz CT molecular complexity index is 1000. The van der Waals surface area contributed by atoms with E-state index in [1.165, 1.54) is 17.3 Å². The van der Waals surface area contributed by atoms with Crippen molar-refractivity contribution in [3.63, 3.8) is 0 Å². The molecule has 0 aliphatic rings. The molecule has 0 bridgehead atoms. The van der Waals surface area contributed by atoms with E-state index in [9.17, 15) is 9.59 Å². The van der Waals surface area contributed by atoms with Crippen molar-refractivity contribution in [3.05, 3.63) is 83.9 Å². The van der Waals surface area contributed by atoms with Crippen molar-refractivity contribution in [3.8, 4) is 11.5 Å². The number of carbonyl (C=O) groups excluding carboxylic acids is 2. The normalized spacial score (nSPS) is 10.3. The van der Waals surface area contributed by atoms with Crippen LogP contribution >= 0.6 is 11.8 Å². The van der Waals surface area contributed by atoms with Gasteiger partial charge in [-0.2, -0.15) is 0 Å². The van der Waals surface area contributed by atoms with Crippen LogP contribution < -0.4 is 15.4 Å². The molecule has 2 N–H and O–H groups in total. The van der Waals surface area contributed by atoms with Crippen LogP contribution in [0, 0.1) is 13.8 Å². The lowest BCUT2D eigenvalue weighted by atomic mass is 10.2. The van der Waals surface area contributed by atoms with Gasteiger partial charge in [0.05, 0.1) is 11.5 Å². The molecule has 6 heteroatoms. The Morgan fingerprint density at radius 1 is 0.733 bits per heavy atom. The number of rotatable bonds is 8. The molecular formula is C24H24N2O3S. The topological polar surface area (TPSA) is 67.4 Å². The van der Waals surface area contributed by atoms with Crippen LogP contribution in [-0.4, -0.2) is 23.3 Å². The summed E-state index contributed by atoms with van der Waals surface area (Å²) in [6.07, 6.45) is 0. The summed E-state index contributed by atoms with van der Waals surface area (Å²) in [6.45, 7) is 3.99. The van der Waals surface area contributed by atoms with E-state index < -0.39 is 0 Å². The van der Waals surface area contributed by atoms with E-state index in [1.54, 1.807) is 24.3 Å². The highest BCUT2D eigenvalue weighted by Gasteiger charge is 2.07. The Morgan fingerprint density at radius 3 is 1.90 bits per heavy atom. The number of nitrogens with one attached hydrogen (secondary N) is 2. The Hall–Kier alpha value is -3.25. The minimum atomic E-state index is -0.157. The fourth-order valence-corrected chi connectivity index (χ4v) is 3.32.